The minimum absolute atomic E-state index is 0.228. The van der Waals surface area contributed by atoms with Gasteiger partial charge in [0, 0.05) is 14.9 Å². The van der Waals surface area contributed by atoms with Crippen LogP contribution in [-0.4, -0.2) is 18.6 Å². The summed E-state index contributed by atoms with van der Waals surface area (Å²) in [6, 6.07) is 12.7. The maximum Gasteiger partial charge on any atom is 0.379 e. The van der Waals surface area contributed by atoms with Gasteiger partial charge in [-0.2, -0.15) is 0 Å². The van der Waals surface area contributed by atoms with Crippen LogP contribution in [0.5, 0.6) is 5.75 Å². The van der Waals surface area contributed by atoms with Crippen molar-refractivity contribution in [3.05, 3.63) is 58.6 Å². The van der Waals surface area contributed by atoms with Crippen molar-refractivity contribution in [1.82, 2.24) is 5.09 Å². The molecular weight excluding hydrogens is 416 g/mol. The molecule has 0 spiro atoms. The Labute approximate surface area is 166 Å². The Balaban J connectivity index is 2.28. The number of ether oxygens (including phenoxy) is 1. The molecule has 0 fully saturated rings. The number of nitrogens with one attached hydrogen (secondary N) is 1. The average Bonchev–Trinajstić information content (AvgIpc) is 2.54. The van der Waals surface area contributed by atoms with E-state index >= 15 is 0 Å². The highest BCUT2D eigenvalue weighted by atomic mass is 35.5. The van der Waals surface area contributed by atoms with Crippen LogP contribution in [0.3, 0.4) is 0 Å². The molecule has 140 valence electrons. The predicted molar refractivity (Wildman–Crippen MR) is 106 cm³/mol. The van der Waals surface area contributed by atoms with Gasteiger partial charge in [-0.1, -0.05) is 41.4 Å². The number of esters is 1. The molecule has 0 heterocycles. The van der Waals surface area contributed by atoms with E-state index in [9.17, 15) is 9.36 Å². The lowest BCUT2D eigenvalue weighted by molar-refractivity contribution is -0.144. The average molecular weight is 434 g/mol. The summed E-state index contributed by atoms with van der Waals surface area (Å²) in [5.41, 5.74) is 0. The molecule has 0 aromatic heterocycles. The maximum absolute atomic E-state index is 13.4. The molecule has 0 aliphatic carbocycles. The van der Waals surface area contributed by atoms with E-state index in [1.54, 1.807) is 56.3 Å². The van der Waals surface area contributed by atoms with Gasteiger partial charge in [0.1, 0.15) is 11.8 Å². The number of para-hydroxylation sites is 1. The monoisotopic (exact) mass is 433 g/mol. The van der Waals surface area contributed by atoms with E-state index < -0.39 is 18.7 Å². The van der Waals surface area contributed by atoms with Crippen LogP contribution in [0.2, 0.25) is 10.0 Å². The second-order valence-corrected chi connectivity index (χ2v) is 10.2. The maximum atomic E-state index is 13.4. The van der Waals surface area contributed by atoms with Gasteiger partial charge in [-0.25, -0.2) is 9.65 Å². The summed E-state index contributed by atoms with van der Waals surface area (Å²) in [7, 11) is 0. The molecule has 2 aromatic carbocycles. The van der Waals surface area contributed by atoms with Crippen LogP contribution in [-0.2, 0) is 14.1 Å². The van der Waals surface area contributed by atoms with Gasteiger partial charge in [-0.15, -0.1) is 0 Å². The summed E-state index contributed by atoms with van der Waals surface area (Å²) in [5.74, 6) is -0.117. The van der Waals surface area contributed by atoms with Crippen LogP contribution >= 0.6 is 41.3 Å². The summed E-state index contributed by atoms with van der Waals surface area (Å²) in [6.07, 6.45) is 0. The molecule has 0 saturated carbocycles. The van der Waals surface area contributed by atoms with E-state index in [0.29, 0.717) is 20.7 Å². The van der Waals surface area contributed by atoms with Crippen molar-refractivity contribution >= 4 is 47.3 Å². The number of rotatable bonds is 8. The van der Waals surface area contributed by atoms with Crippen LogP contribution < -0.4 is 9.61 Å². The van der Waals surface area contributed by atoms with Crippen LogP contribution in [0.1, 0.15) is 13.8 Å². The minimum Gasteiger partial charge on any atom is -0.465 e. The zero-order chi connectivity index (χ0) is 19.2. The molecule has 2 rings (SSSR count). The van der Waals surface area contributed by atoms with Crippen LogP contribution in [0.25, 0.3) is 0 Å². The first-order valence-corrected chi connectivity index (χ1v) is 11.6. The van der Waals surface area contributed by atoms with E-state index in [0.717, 1.165) is 11.4 Å². The van der Waals surface area contributed by atoms with Crippen molar-refractivity contribution in [2.75, 3.05) is 6.61 Å². The second-order valence-electron chi connectivity index (χ2n) is 5.20. The lowest BCUT2D eigenvalue weighted by Gasteiger charge is -2.22. The molecule has 0 bridgehead atoms. The third kappa shape index (κ3) is 6.53. The van der Waals surface area contributed by atoms with Gasteiger partial charge in [0.05, 0.1) is 6.61 Å². The third-order valence-electron chi connectivity index (χ3n) is 3.02. The third-order valence-corrected chi connectivity index (χ3v) is 7.19. The summed E-state index contributed by atoms with van der Waals surface area (Å²) < 4.78 is 24.1. The fourth-order valence-corrected chi connectivity index (χ4v) is 6.53. The first-order valence-electron chi connectivity index (χ1n) is 7.76. The Morgan fingerprint density at radius 1 is 1.19 bits per heavy atom. The first kappa shape index (κ1) is 21.1. The highest BCUT2D eigenvalue weighted by molar-refractivity contribution is 8.56. The molecule has 0 aliphatic rings. The van der Waals surface area contributed by atoms with Gasteiger partial charge in [-0.3, -0.25) is 4.79 Å². The lowest BCUT2D eigenvalue weighted by atomic mass is 10.3. The molecule has 2 atom stereocenters. The second kappa shape index (κ2) is 9.67. The molecule has 0 saturated heterocycles. The van der Waals surface area contributed by atoms with Gasteiger partial charge >= 0.3 is 12.7 Å². The van der Waals surface area contributed by atoms with Crippen LogP contribution in [0.15, 0.2) is 53.4 Å². The Hall–Kier alpha value is -1.17. The Bertz CT molecular complexity index is 786. The summed E-state index contributed by atoms with van der Waals surface area (Å²) in [5, 5.41) is 3.56. The van der Waals surface area contributed by atoms with Gasteiger partial charge in [-0.05, 0) is 55.6 Å². The Morgan fingerprint density at radius 2 is 1.81 bits per heavy atom. The van der Waals surface area contributed by atoms with E-state index in [2.05, 4.69) is 5.09 Å². The number of hydrogen-bond donors (Lipinski definition) is 1. The minimum atomic E-state index is -3.59. The van der Waals surface area contributed by atoms with Gasteiger partial charge in [0.25, 0.3) is 0 Å². The molecule has 0 aliphatic heterocycles. The molecule has 26 heavy (non-hydrogen) atoms. The van der Waals surface area contributed by atoms with E-state index in [-0.39, 0.29) is 6.61 Å². The summed E-state index contributed by atoms with van der Waals surface area (Å²) in [4.78, 5) is 12.5. The molecule has 5 nitrogen and oxygen atoms in total. The summed E-state index contributed by atoms with van der Waals surface area (Å²) in [6.45, 7) is -0.0982. The topological polar surface area (TPSA) is 64.6 Å². The first-order chi connectivity index (χ1) is 12.3. The quantitative estimate of drug-likeness (QED) is 0.418. The lowest BCUT2D eigenvalue weighted by Crippen LogP contribution is -2.33. The number of carbonyl (C=O) groups is 1. The van der Waals surface area contributed by atoms with Crippen molar-refractivity contribution < 1.29 is 18.6 Å². The molecule has 2 aromatic rings. The fourth-order valence-electron chi connectivity index (χ4n) is 1.97. The van der Waals surface area contributed by atoms with Gasteiger partial charge in [0.15, 0.2) is 0 Å². The highest BCUT2D eigenvalue weighted by Gasteiger charge is 2.32. The van der Waals surface area contributed by atoms with E-state index in [1.165, 1.54) is 0 Å². The number of carbonyl (C=O) groups excluding carboxylic acids is 1. The standard InChI is InChI=1S/C17H18Cl2NO4PS/c1-3-23-17(21)12(2)20-25(22,24-15-7-5-4-6-8-15)26-16-10-13(18)9-14(19)11-16/h4-12H,3H2,1-2H3,(H,20,22)/t12-,25-/m0/s1. The van der Waals surface area contributed by atoms with Crippen LogP contribution in [0.4, 0.5) is 0 Å². The molecule has 0 amide bonds. The van der Waals surface area contributed by atoms with Crippen molar-refractivity contribution in [1.29, 1.82) is 0 Å². The predicted octanol–water partition coefficient (Wildman–Crippen LogP) is 5.81. The van der Waals surface area contributed by atoms with E-state index in [1.807, 2.05) is 6.07 Å². The smallest absolute Gasteiger partial charge is 0.379 e. The Kier molecular flexibility index (Phi) is 7.86. The SMILES string of the molecule is CCOC(=O)[C@H](C)N[P@](=O)(Oc1ccccc1)Sc1cc(Cl)cc(Cl)c1. The number of halogens is 2. The molecule has 9 heteroatoms. The van der Waals surface area contributed by atoms with Crippen molar-refractivity contribution in [3.8, 4) is 5.75 Å². The van der Waals surface area contributed by atoms with Crippen LogP contribution in [0, 0.1) is 0 Å². The largest absolute Gasteiger partial charge is 0.465 e. The summed E-state index contributed by atoms with van der Waals surface area (Å²) >= 11 is 13.0. The molecule has 1 N–H and O–H groups in total. The molecular formula is C17H18Cl2NO4PS. The highest BCUT2D eigenvalue weighted by Crippen LogP contribution is 2.59. The molecule has 0 radical (unpaired) electrons. The van der Waals surface area contributed by atoms with Gasteiger partial charge in [0.2, 0.25) is 0 Å². The Morgan fingerprint density at radius 3 is 2.38 bits per heavy atom. The van der Waals surface area contributed by atoms with Gasteiger partial charge < -0.3 is 9.26 Å². The van der Waals surface area contributed by atoms with Crippen molar-refractivity contribution in [2.45, 2.75) is 24.8 Å². The zero-order valence-corrected chi connectivity index (χ0v) is 17.4. The number of benzene rings is 2. The molecule has 0 unspecified atom stereocenters. The normalized spacial score (nSPS) is 14.3. The van der Waals surface area contributed by atoms with Crippen molar-refractivity contribution in [3.63, 3.8) is 0 Å². The van der Waals surface area contributed by atoms with E-state index in [4.69, 9.17) is 32.5 Å². The number of hydrogen-bond acceptors (Lipinski definition) is 5. The zero-order valence-electron chi connectivity index (χ0n) is 14.1. The van der Waals surface area contributed by atoms with Crippen molar-refractivity contribution in [2.24, 2.45) is 0 Å². The fraction of sp³-hybridized carbons (Fsp3) is 0.235.